The molecule has 0 heterocycles. The maximum atomic E-state index is 11.6. The average Bonchev–Trinajstić information content (AvgIpc) is 2.01. The van der Waals surface area contributed by atoms with Crippen molar-refractivity contribution < 1.29 is 4.79 Å². The third kappa shape index (κ3) is 3.45. The molecule has 1 amide bonds. The monoisotopic (exact) mass is 182 g/mol. The quantitative estimate of drug-likeness (QED) is 0.666. The zero-order chi connectivity index (χ0) is 10.6. The second-order valence-electron chi connectivity index (χ2n) is 4.32. The summed E-state index contributed by atoms with van der Waals surface area (Å²) in [6.45, 7) is 8.08. The first-order valence-electron chi connectivity index (χ1n) is 4.48. The van der Waals surface area contributed by atoms with Gasteiger partial charge in [-0.1, -0.05) is 13.8 Å². The van der Waals surface area contributed by atoms with Crippen molar-refractivity contribution in [2.75, 3.05) is 13.6 Å². The molecule has 0 radical (unpaired) electrons. The molecule has 3 nitrogen and oxygen atoms in total. The Labute approximate surface area is 80.3 Å². The molecule has 0 fully saturated rings. The summed E-state index contributed by atoms with van der Waals surface area (Å²) in [6.07, 6.45) is 0. The summed E-state index contributed by atoms with van der Waals surface area (Å²) in [5.74, 6) is 0.326. The first-order valence-corrected chi connectivity index (χ1v) is 4.48. The molecule has 13 heavy (non-hydrogen) atoms. The molecule has 0 saturated heterocycles. The molecule has 0 aliphatic heterocycles. The van der Waals surface area contributed by atoms with E-state index in [0.29, 0.717) is 12.5 Å². The first kappa shape index (κ1) is 12.0. The normalized spacial score (nSPS) is 11.2. The van der Waals surface area contributed by atoms with Crippen molar-refractivity contribution >= 4 is 5.91 Å². The Balaban J connectivity index is 4.37. The summed E-state index contributed by atoms with van der Waals surface area (Å²) < 4.78 is 0. The van der Waals surface area contributed by atoms with Crippen LogP contribution in [-0.2, 0) is 4.79 Å². The molecule has 0 aromatic rings. The lowest BCUT2D eigenvalue weighted by atomic mass is 9.94. The third-order valence-corrected chi connectivity index (χ3v) is 1.80. The molecule has 0 atom stereocenters. The van der Waals surface area contributed by atoms with E-state index in [2.05, 4.69) is 0 Å². The van der Waals surface area contributed by atoms with Gasteiger partial charge in [0, 0.05) is 13.6 Å². The molecule has 0 bridgehead atoms. The van der Waals surface area contributed by atoms with Crippen LogP contribution < -0.4 is 0 Å². The average molecular weight is 182 g/mol. The van der Waals surface area contributed by atoms with Crippen LogP contribution in [0.4, 0.5) is 0 Å². The highest BCUT2D eigenvalue weighted by Gasteiger charge is 2.30. The van der Waals surface area contributed by atoms with Crippen molar-refractivity contribution in [3.05, 3.63) is 0 Å². The van der Waals surface area contributed by atoms with E-state index < -0.39 is 5.41 Å². The number of hydrogen-bond donors (Lipinski definition) is 0. The van der Waals surface area contributed by atoms with Crippen LogP contribution >= 0.6 is 0 Å². The smallest absolute Gasteiger partial charge is 0.242 e. The minimum Gasteiger partial charge on any atom is -0.344 e. The van der Waals surface area contributed by atoms with E-state index in [1.54, 1.807) is 25.8 Å². The van der Waals surface area contributed by atoms with Gasteiger partial charge >= 0.3 is 0 Å². The predicted octanol–water partition coefficient (Wildman–Crippen LogP) is 1.65. The van der Waals surface area contributed by atoms with E-state index in [9.17, 15) is 4.79 Å². The summed E-state index contributed by atoms with van der Waals surface area (Å²) in [5, 5.41) is 8.75. The zero-order valence-electron chi connectivity index (χ0n) is 9.09. The van der Waals surface area contributed by atoms with Crippen LogP contribution in [0, 0.1) is 22.7 Å². The maximum Gasteiger partial charge on any atom is 0.242 e. The molecule has 0 rings (SSSR count). The van der Waals surface area contributed by atoms with Gasteiger partial charge in [0.05, 0.1) is 6.07 Å². The molecule has 0 saturated carbocycles. The van der Waals surface area contributed by atoms with Gasteiger partial charge in [-0.2, -0.15) is 5.26 Å². The zero-order valence-corrected chi connectivity index (χ0v) is 9.09. The molecule has 0 aromatic carbocycles. The standard InChI is InChI=1S/C10H18N2O/c1-8(2)6-12(5)9(13)10(3,4)7-11/h8H,6H2,1-5H3. The fourth-order valence-electron chi connectivity index (χ4n) is 1.16. The van der Waals surface area contributed by atoms with Gasteiger partial charge in [0.25, 0.3) is 0 Å². The minimum absolute atomic E-state index is 0.108. The van der Waals surface area contributed by atoms with Crippen LogP contribution in [0.5, 0.6) is 0 Å². The molecule has 74 valence electrons. The van der Waals surface area contributed by atoms with Crippen molar-refractivity contribution in [2.45, 2.75) is 27.7 Å². The van der Waals surface area contributed by atoms with Crippen molar-refractivity contribution in [1.29, 1.82) is 5.26 Å². The number of amides is 1. The van der Waals surface area contributed by atoms with Gasteiger partial charge in [0.15, 0.2) is 0 Å². The number of rotatable bonds is 3. The largest absolute Gasteiger partial charge is 0.344 e. The Morgan fingerprint density at radius 2 is 2.00 bits per heavy atom. The number of carbonyl (C=O) groups excluding carboxylic acids is 1. The highest BCUT2D eigenvalue weighted by Crippen LogP contribution is 2.16. The van der Waals surface area contributed by atoms with E-state index in [1.165, 1.54) is 0 Å². The highest BCUT2D eigenvalue weighted by molar-refractivity contribution is 5.84. The summed E-state index contributed by atoms with van der Waals surface area (Å²) in [7, 11) is 1.74. The maximum absolute atomic E-state index is 11.6. The molecule has 0 unspecified atom stereocenters. The SMILES string of the molecule is CC(C)CN(C)C(=O)C(C)(C)C#N. The Morgan fingerprint density at radius 3 is 2.31 bits per heavy atom. The van der Waals surface area contributed by atoms with Crippen molar-refractivity contribution in [2.24, 2.45) is 11.3 Å². The molecule has 0 aliphatic carbocycles. The molecule has 0 N–H and O–H groups in total. The first-order chi connectivity index (χ1) is 5.81. The van der Waals surface area contributed by atoms with E-state index in [-0.39, 0.29) is 5.91 Å². The fourth-order valence-corrected chi connectivity index (χ4v) is 1.16. The molecular weight excluding hydrogens is 164 g/mol. The minimum atomic E-state index is -0.899. The number of nitrogens with zero attached hydrogens (tertiary/aromatic N) is 2. The van der Waals surface area contributed by atoms with Gasteiger partial charge in [-0.15, -0.1) is 0 Å². The van der Waals surface area contributed by atoms with E-state index in [0.717, 1.165) is 0 Å². The van der Waals surface area contributed by atoms with Gasteiger partial charge in [0.2, 0.25) is 5.91 Å². The van der Waals surface area contributed by atoms with Crippen LogP contribution in [0.15, 0.2) is 0 Å². The lowest BCUT2D eigenvalue weighted by molar-refractivity contribution is -0.136. The van der Waals surface area contributed by atoms with Gasteiger partial charge in [-0.05, 0) is 19.8 Å². The van der Waals surface area contributed by atoms with Gasteiger partial charge in [-0.3, -0.25) is 4.79 Å². The van der Waals surface area contributed by atoms with Gasteiger partial charge in [0.1, 0.15) is 5.41 Å². The Bertz CT molecular complexity index is 226. The summed E-state index contributed by atoms with van der Waals surface area (Å²) in [4.78, 5) is 13.3. The third-order valence-electron chi connectivity index (χ3n) is 1.80. The molecule has 0 spiro atoms. The molecule has 0 aromatic heterocycles. The Hall–Kier alpha value is -1.04. The van der Waals surface area contributed by atoms with Gasteiger partial charge < -0.3 is 4.90 Å². The lowest BCUT2D eigenvalue weighted by Crippen LogP contribution is -2.39. The Kier molecular flexibility index (Phi) is 3.93. The fraction of sp³-hybridized carbons (Fsp3) is 0.800. The topological polar surface area (TPSA) is 44.1 Å². The molecular formula is C10H18N2O. The van der Waals surface area contributed by atoms with E-state index in [4.69, 9.17) is 5.26 Å². The van der Waals surface area contributed by atoms with E-state index in [1.807, 2.05) is 19.9 Å². The second-order valence-corrected chi connectivity index (χ2v) is 4.32. The highest BCUT2D eigenvalue weighted by atomic mass is 16.2. The second kappa shape index (κ2) is 4.27. The van der Waals surface area contributed by atoms with Crippen LogP contribution in [0.1, 0.15) is 27.7 Å². The predicted molar refractivity (Wildman–Crippen MR) is 51.9 cm³/mol. The van der Waals surface area contributed by atoms with Crippen LogP contribution in [0.2, 0.25) is 0 Å². The summed E-state index contributed by atoms with van der Waals surface area (Å²) in [5.41, 5.74) is -0.899. The van der Waals surface area contributed by atoms with Crippen LogP contribution in [0.25, 0.3) is 0 Å². The molecule has 3 heteroatoms. The number of hydrogen-bond acceptors (Lipinski definition) is 2. The summed E-state index contributed by atoms with van der Waals surface area (Å²) in [6, 6.07) is 2.00. The van der Waals surface area contributed by atoms with Gasteiger partial charge in [-0.25, -0.2) is 0 Å². The number of carbonyl (C=O) groups is 1. The molecule has 0 aliphatic rings. The van der Waals surface area contributed by atoms with Crippen LogP contribution in [-0.4, -0.2) is 24.4 Å². The van der Waals surface area contributed by atoms with Crippen molar-refractivity contribution in [1.82, 2.24) is 4.90 Å². The van der Waals surface area contributed by atoms with Crippen molar-refractivity contribution in [3.63, 3.8) is 0 Å². The van der Waals surface area contributed by atoms with Crippen LogP contribution in [0.3, 0.4) is 0 Å². The van der Waals surface area contributed by atoms with Crippen molar-refractivity contribution in [3.8, 4) is 6.07 Å². The number of nitriles is 1. The summed E-state index contributed by atoms with van der Waals surface area (Å²) >= 11 is 0. The van der Waals surface area contributed by atoms with E-state index >= 15 is 0 Å². The Morgan fingerprint density at radius 1 is 1.54 bits per heavy atom. The lowest BCUT2D eigenvalue weighted by Gasteiger charge is -2.25.